The first-order valence-corrected chi connectivity index (χ1v) is 8.58. The summed E-state index contributed by atoms with van der Waals surface area (Å²) < 4.78 is 32.7. The summed E-state index contributed by atoms with van der Waals surface area (Å²) in [6.45, 7) is 8.19. The van der Waals surface area contributed by atoms with E-state index < -0.39 is 24.0 Å². The fourth-order valence-electron chi connectivity index (χ4n) is 4.77. The molecular formula is C17H25FO5. The molecule has 4 aliphatic heterocycles. The Morgan fingerprint density at radius 3 is 2.87 bits per heavy atom. The van der Waals surface area contributed by atoms with Crippen LogP contribution in [0.4, 0.5) is 4.39 Å². The van der Waals surface area contributed by atoms with E-state index in [1.54, 1.807) is 0 Å². The molecule has 5 rings (SSSR count). The quantitative estimate of drug-likeness (QED) is 0.727. The molecule has 130 valence electrons. The summed E-state index contributed by atoms with van der Waals surface area (Å²) in [6.07, 6.45) is 0.701. The highest BCUT2D eigenvalue weighted by molar-refractivity contribution is 5.25. The number of hydrogen-bond donors (Lipinski definition) is 0. The van der Waals surface area contributed by atoms with Crippen LogP contribution in [0.1, 0.15) is 47.0 Å². The second-order valence-corrected chi connectivity index (χ2v) is 7.41. The van der Waals surface area contributed by atoms with Crippen LogP contribution in [-0.4, -0.2) is 30.6 Å². The van der Waals surface area contributed by atoms with Gasteiger partial charge < -0.3 is 14.2 Å². The maximum absolute atomic E-state index is 14.6. The Kier molecular flexibility index (Phi) is 3.63. The maximum atomic E-state index is 14.6. The Bertz CT molecular complexity index is 537. The largest absolute Gasteiger partial charge is 0.353 e. The Hall–Kier alpha value is -0.530. The maximum Gasteiger partial charge on any atom is 0.201 e. The number of hydrogen-bond acceptors (Lipinski definition) is 5. The zero-order chi connectivity index (χ0) is 16.4. The van der Waals surface area contributed by atoms with Gasteiger partial charge >= 0.3 is 0 Å². The topological polar surface area (TPSA) is 46.2 Å². The molecule has 5 aliphatic rings. The minimum atomic E-state index is -0.855. The van der Waals surface area contributed by atoms with Crippen molar-refractivity contribution in [3.05, 3.63) is 11.4 Å². The van der Waals surface area contributed by atoms with Gasteiger partial charge in [-0.05, 0) is 32.8 Å². The van der Waals surface area contributed by atoms with Crippen LogP contribution in [0.2, 0.25) is 0 Å². The van der Waals surface area contributed by atoms with Crippen molar-refractivity contribution >= 4 is 0 Å². The van der Waals surface area contributed by atoms with Crippen molar-refractivity contribution < 1.29 is 28.4 Å². The van der Waals surface area contributed by atoms with E-state index in [1.165, 1.54) is 0 Å². The fourth-order valence-corrected chi connectivity index (χ4v) is 4.77. The average molecular weight is 328 g/mol. The molecule has 0 saturated carbocycles. The van der Waals surface area contributed by atoms with Crippen molar-refractivity contribution in [2.75, 3.05) is 6.61 Å². The second kappa shape index (κ2) is 5.23. The predicted molar refractivity (Wildman–Crippen MR) is 78.5 cm³/mol. The lowest BCUT2D eigenvalue weighted by Gasteiger charge is -2.58. The van der Waals surface area contributed by atoms with Crippen molar-refractivity contribution in [3.8, 4) is 0 Å². The molecule has 0 radical (unpaired) electrons. The van der Waals surface area contributed by atoms with Gasteiger partial charge in [0.1, 0.15) is 0 Å². The third-order valence-corrected chi connectivity index (χ3v) is 6.10. The highest BCUT2D eigenvalue weighted by Crippen LogP contribution is 2.60. The SMILES string of the molecule is CCO[C@H]1O[C@@H]2O[C@@]3(C)CC[C@H]4C(C)=C(F)C[C@@H]([C@H]1C)[C@@]24OO3. The van der Waals surface area contributed by atoms with Crippen LogP contribution in [0.3, 0.4) is 0 Å². The highest BCUT2D eigenvalue weighted by Gasteiger charge is 2.69. The van der Waals surface area contributed by atoms with E-state index >= 15 is 0 Å². The van der Waals surface area contributed by atoms with Crippen molar-refractivity contribution in [2.24, 2.45) is 17.8 Å². The summed E-state index contributed by atoms with van der Waals surface area (Å²) in [5.74, 6) is -1.10. The number of rotatable bonds is 2. The van der Waals surface area contributed by atoms with E-state index in [-0.39, 0.29) is 23.6 Å². The minimum Gasteiger partial charge on any atom is -0.353 e. The molecule has 2 bridgehead atoms. The molecule has 5 nitrogen and oxygen atoms in total. The Balaban J connectivity index is 1.82. The van der Waals surface area contributed by atoms with Gasteiger partial charge in [0.2, 0.25) is 5.79 Å². The summed E-state index contributed by atoms with van der Waals surface area (Å²) >= 11 is 0. The predicted octanol–water partition coefficient (Wildman–Crippen LogP) is 3.45. The lowest BCUT2D eigenvalue weighted by Crippen LogP contribution is -2.69. The molecule has 23 heavy (non-hydrogen) atoms. The molecule has 4 heterocycles. The number of allylic oxidation sites excluding steroid dienone is 1. The monoisotopic (exact) mass is 328 g/mol. The Morgan fingerprint density at radius 2 is 2.13 bits per heavy atom. The van der Waals surface area contributed by atoms with Crippen LogP contribution in [0.5, 0.6) is 0 Å². The van der Waals surface area contributed by atoms with Gasteiger partial charge in [-0.2, -0.15) is 0 Å². The first kappa shape index (κ1) is 16.0. The normalized spacial score (nSPS) is 52.3. The molecule has 1 spiro atoms. The zero-order valence-corrected chi connectivity index (χ0v) is 14.1. The Labute approximate surface area is 136 Å². The summed E-state index contributed by atoms with van der Waals surface area (Å²) in [7, 11) is 0. The van der Waals surface area contributed by atoms with Crippen LogP contribution in [0, 0.1) is 17.8 Å². The van der Waals surface area contributed by atoms with Gasteiger partial charge in [0.25, 0.3) is 0 Å². The highest BCUT2D eigenvalue weighted by atomic mass is 19.1. The molecule has 4 fully saturated rings. The molecule has 6 heteroatoms. The first-order chi connectivity index (χ1) is 10.9. The van der Waals surface area contributed by atoms with E-state index in [1.807, 2.05) is 27.7 Å². The first-order valence-electron chi connectivity index (χ1n) is 8.58. The van der Waals surface area contributed by atoms with Crippen molar-refractivity contribution in [1.29, 1.82) is 0 Å². The summed E-state index contributed by atoms with van der Waals surface area (Å²) in [6, 6.07) is 0. The number of ether oxygens (including phenoxy) is 3. The van der Waals surface area contributed by atoms with Crippen LogP contribution in [-0.2, 0) is 24.0 Å². The summed E-state index contributed by atoms with van der Waals surface area (Å²) in [5.41, 5.74) is -0.0434. The molecule has 1 aliphatic carbocycles. The van der Waals surface area contributed by atoms with Crippen LogP contribution in [0.15, 0.2) is 11.4 Å². The molecule has 7 atom stereocenters. The third kappa shape index (κ3) is 2.09. The van der Waals surface area contributed by atoms with Crippen LogP contribution >= 0.6 is 0 Å². The smallest absolute Gasteiger partial charge is 0.201 e. The van der Waals surface area contributed by atoms with Gasteiger partial charge in [-0.3, -0.25) is 0 Å². The zero-order valence-electron chi connectivity index (χ0n) is 14.1. The molecule has 0 aromatic carbocycles. The fraction of sp³-hybridized carbons (Fsp3) is 0.882. The van der Waals surface area contributed by atoms with Gasteiger partial charge in [0.15, 0.2) is 18.2 Å². The van der Waals surface area contributed by atoms with Crippen LogP contribution < -0.4 is 0 Å². The van der Waals surface area contributed by atoms with E-state index in [0.717, 1.165) is 12.0 Å². The van der Waals surface area contributed by atoms with Gasteiger partial charge in [-0.15, -0.1) is 0 Å². The molecule has 0 N–H and O–H groups in total. The number of fused-ring (bicyclic) bond motifs is 2. The lowest BCUT2D eigenvalue weighted by atomic mass is 9.61. The van der Waals surface area contributed by atoms with E-state index in [0.29, 0.717) is 19.4 Å². The van der Waals surface area contributed by atoms with Gasteiger partial charge in [0, 0.05) is 37.2 Å². The average Bonchev–Trinajstić information content (AvgIpc) is 2.74. The molecule has 4 saturated heterocycles. The van der Waals surface area contributed by atoms with Crippen molar-refractivity contribution in [3.63, 3.8) is 0 Å². The number of halogens is 1. The standard InChI is InChI=1S/C17H25FO5/c1-5-19-14-10(3)12-8-13(18)9(2)11-6-7-16(4)21-15(20-14)17(11,12)23-22-16/h10-12,14-15H,5-8H2,1-4H3/t10-,11+,12+,14+,15-,16-,17-/m1/s1. The molecular weight excluding hydrogens is 303 g/mol. The van der Waals surface area contributed by atoms with Gasteiger partial charge in [-0.25, -0.2) is 14.2 Å². The lowest BCUT2D eigenvalue weighted by molar-refractivity contribution is -0.573. The van der Waals surface area contributed by atoms with Crippen molar-refractivity contribution in [1.82, 2.24) is 0 Å². The van der Waals surface area contributed by atoms with Gasteiger partial charge in [0.05, 0.1) is 5.83 Å². The third-order valence-electron chi connectivity index (χ3n) is 6.10. The van der Waals surface area contributed by atoms with E-state index in [4.69, 9.17) is 24.0 Å². The summed E-state index contributed by atoms with van der Waals surface area (Å²) in [5, 5.41) is 0. The molecule has 0 aromatic heterocycles. The van der Waals surface area contributed by atoms with Crippen molar-refractivity contribution in [2.45, 2.75) is 70.9 Å². The van der Waals surface area contributed by atoms with Crippen LogP contribution in [0.25, 0.3) is 0 Å². The Morgan fingerprint density at radius 1 is 1.35 bits per heavy atom. The minimum absolute atomic E-state index is 0.0118. The van der Waals surface area contributed by atoms with Gasteiger partial charge in [-0.1, -0.05) is 6.92 Å². The van der Waals surface area contributed by atoms with E-state index in [2.05, 4.69) is 0 Å². The van der Waals surface area contributed by atoms with E-state index in [9.17, 15) is 4.39 Å². The molecule has 0 unspecified atom stereocenters. The molecule has 0 aromatic rings. The second-order valence-electron chi connectivity index (χ2n) is 7.41. The molecule has 0 amide bonds. The summed E-state index contributed by atoms with van der Waals surface area (Å²) in [4.78, 5) is 11.6.